The third-order valence-corrected chi connectivity index (χ3v) is 3.71. The van der Waals surface area contributed by atoms with Gasteiger partial charge in [-0.2, -0.15) is 0 Å². The van der Waals surface area contributed by atoms with E-state index in [0.29, 0.717) is 25.3 Å². The molecule has 0 amide bonds. The van der Waals surface area contributed by atoms with Gasteiger partial charge in [-0.1, -0.05) is 48.5 Å². The number of carbonyl (C=O) groups is 1. The molecule has 2 aromatic carbocycles. The van der Waals surface area contributed by atoms with E-state index in [1.807, 2.05) is 49.4 Å². The number of ether oxygens (including phenoxy) is 1. The molecule has 0 fully saturated rings. The average Bonchev–Trinajstić information content (AvgIpc) is 2.53. The summed E-state index contributed by atoms with van der Waals surface area (Å²) in [4.78, 5) is 11.8. The highest BCUT2D eigenvalue weighted by Crippen LogP contribution is 2.15. The maximum atomic E-state index is 11.8. The van der Waals surface area contributed by atoms with Crippen molar-refractivity contribution in [3.05, 3.63) is 70.8 Å². The highest BCUT2D eigenvalue weighted by molar-refractivity contribution is 6.17. The number of rotatable bonds is 6. The van der Waals surface area contributed by atoms with Crippen LogP contribution in [0, 0.1) is 6.92 Å². The molecular weight excluding hydrogens is 284 g/mol. The largest absolute Gasteiger partial charge is 0.461 e. The molecule has 0 saturated carbocycles. The van der Waals surface area contributed by atoms with Gasteiger partial charge in [0.15, 0.2) is 0 Å². The molecule has 0 aromatic heterocycles. The van der Waals surface area contributed by atoms with Gasteiger partial charge in [-0.25, -0.2) is 0 Å². The summed E-state index contributed by atoms with van der Waals surface area (Å²) in [6.45, 7) is 2.37. The van der Waals surface area contributed by atoms with Gasteiger partial charge in [0.25, 0.3) is 0 Å². The molecule has 0 aliphatic heterocycles. The zero-order valence-corrected chi connectivity index (χ0v) is 12.9. The van der Waals surface area contributed by atoms with Crippen molar-refractivity contribution in [3.63, 3.8) is 0 Å². The molecular formula is C18H19ClO2. The Kier molecular flexibility index (Phi) is 5.82. The first-order valence-corrected chi connectivity index (χ1v) is 7.56. The smallest absolute Gasteiger partial charge is 0.306 e. The highest BCUT2D eigenvalue weighted by Gasteiger charge is 2.06. The van der Waals surface area contributed by atoms with Gasteiger partial charge >= 0.3 is 5.97 Å². The minimum Gasteiger partial charge on any atom is -0.461 e. The lowest BCUT2D eigenvalue weighted by atomic mass is 10.0. The summed E-state index contributed by atoms with van der Waals surface area (Å²) >= 11 is 5.89. The van der Waals surface area contributed by atoms with Crippen LogP contribution in [0.25, 0.3) is 0 Å². The van der Waals surface area contributed by atoms with Crippen LogP contribution in [-0.2, 0) is 28.4 Å². The van der Waals surface area contributed by atoms with Gasteiger partial charge in [0.1, 0.15) is 6.61 Å². The fourth-order valence-electron chi connectivity index (χ4n) is 2.08. The second-order valence-corrected chi connectivity index (χ2v) is 5.31. The molecule has 0 bridgehead atoms. The quantitative estimate of drug-likeness (QED) is 0.583. The van der Waals surface area contributed by atoms with E-state index in [-0.39, 0.29) is 5.97 Å². The predicted molar refractivity (Wildman–Crippen MR) is 85.3 cm³/mol. The predicted octanol–water partition coefficient (Wildman–Crippen LogP) is 4.41. The summed E-state index contributed by atoms with van der Waals surface area (Å²) in [6.07, 6.45) is 1.06. The molecule has 0 aliphatic carbocycles. The summed E-state index contributed by atoms with van der Waals surface area (Å²) in [5, 5.41) is 0. The Balaban J connectivity index is 1.81. The molecule has 0 aliphatic rings. The zero-order valence-electron chi connectivity index (χ0n) is 12.1. The van der Waals surface area contributed by atoms with E-state index in [2.05, 4.69) is 6.07 Å². The van der Waals surface area contributed by atoms with Crippen LogP contribution in [0.15, 0.2) is 48.5 Å². The molecule has 21 heavy (non-hydrogen) atoms. The van der Waals surface area contributed by atoms with E-state index in [1.165, 1.54) is 5.56 Å². The van der Waals surface area contributed by atoms with E-state index in [4.69, 9.17) is 16.3 Å². The topological polar surface area (TPSA) is 26.3 Å². The minimum absolute atomic E-state index is 0.174. The van der Waals surface area contributed by atoms with E-state index in [1.54, 1.807) is 0 Å². The fraction of sp³-hybridized carbons (Fsp3) is 0.278. The van der Waals surface area contributed by atoms with E-state index in [9.17, 15) is 4.79 Å². The van der Waals surface area contributed by atoms with Gasteiger partial charge in [-0.3, -0.25) is 4.79 Å². The van der Waals surface area contributed by atoms with Gasteiger partial charge in [-0.05, 0) is 35.6 Å². The summed E-state index contributed by atoms with van der Waals surface area (Å²) in [5.41, 5.74) is 4.42. The molecule has 0 heterocycles. The molecule has 0 saturated heterocycles. The molecule has 0 atom stereocenters. The molecule has 2 nitrogen and oxygen atoms in total. The maximum Gasteiger partial charge on any atom is 0.306 e. The standard InChI is InChI=1S/C18H19ClO2/c1-14-7-8-15(11-17(14)12-19)9-10-18(20)21-13-16-5-3-2-4-6-16/h2-8,11H,9-10,12-13H2,1H3. The molecule has 2 rings (SSSR count). The van der Waals surface area contributed by atoms with Crippen molar-refractivity contribution < 1.29 is 9.53 Å². The first kappa shape index (κ1) is 15.6. The summed E-state index contributed by atoms with van der Waals surface area (Å²) < 4.78 is 5.27. The second-order valence-electron chi connectivity index (χ2n) is 5.04. The molecule has 2 aromatic rings. The Bertz CT molecular complexity index is 593. The van der Waals surface area contributed by atoms with Crippen LogP contribution in [-0.4, -0.2) is 5.97 Å². The Morgan fingerprint density at radius 1 is 1.10 bits per heavy atom. The van der Waals surface area contributed by atoms with Crippen molar-refractivity contribution >= 4 is 17.6 Å². The van der Waals surface area contributed by atoms with Gasteiger partial charge < -0.3 is 4.74 Å². The Labute approximate surface area is 130 Å². The van der Waals surface area contributed by atoms with Crippen LogP contribution < -0.4 is 0 Å². The summed E-state index contributed by atoms with van der Waals surface area (Å²) in [7, 11) is 0. The number of esters is 1. The molecule has 3 heteroatoms. The zero-order chi connectivity index (χ0) is 15.1. The molecule has 0 radical (unpaired) electrons. The van der Waals surface area contributed by atoms with Gasteiger partial charge in [0.2, 0.25) is 0 Å². The third-order valence-electron chi connectivity index (χ3n) is 3.42. The maximum absolute atomic E-state index is 11.8. The molecule has 0 N–H and O–H groups in total. The van der Waals surface area contributed by atoms with Crippen LogP contribution in [0.5, 0.6) is 0 Å². The van der Waals surface area contributed by atoms with Crippen molar-refractivity contribution in [2.75, 3.05) is 0 Å². The summed E-state index contributed by atoms with van der Waals surface area (Å²) in [5.74, 6) is 0.324. The number of halogens is 1. The third kappa shape index (κ3) is 4.91. The van der Waals surface area contributed by atoms with Gasteiger partial charge in [0, 0.05) is 12.3 Å². The van der Waals surface area contributed by atoms with Crippen LogP contribution >= 0.6 is 11.6 Å². The van der Waals surface area contributed by atoms with Crippen molar-refractivity contribution in [1.82, 2.24) is 0 Å². The second kappa shape index (κ2) is 7.84. The highest BCUT2D eigenvalue weighted by atomic mass is 35.5. The number of hydrogen-bond acceptors (Lipinski definition) is 2. The minimum atomic E-state index is -0.174. The number of aryl methyl sites for hydroxylation is 2. The monoisotopic (exact) mass is 302 g/mol. The molecule has 0 unspecified atom stereocenters. The van der Waals surface area contributed by atoms with Crippen LogP contribution in [0.2, 0.25) is 0 Å². The van der Waals surface area contributed by atoms with Crippen LogP contribution in [0.4, 0.5) is 0 Å². The number of benzene rings is 2. The van der Waals surface area contributed by atoms with Gasteiger partial charge in [0.05, 0.1) is 0 Å². The van der Waals surface area contributed by atoms with Crippen molar-refractivity contribution in [2.24, 2.45) is 0 Å². The Morgan fingerprint density at radius 3 is 2.57 bits per heavy atom. The number of hydrogen-bond donors (Lipinski definition) is 0. The molecule has 110 valence electrons. The van der Waals surface area contributed by atoms with E-state index >= 15 is 0 Å². The first-order chi connectivity index (χ1) is 10.2. The fourth-order valence-corrected chi connectivity index (χ4v) is 2.37. The van der Waals surface area contributed by atoms with Crippen LogP contribution in [0.3, 0.4) is 0 Å². The summed E-state index contributed by atoms with van der Waals surface area (Å²) in [6, 6.07) is 15.8. The average molecular weight is 303 g/mol. The first-order valence-electron chi connectivity index (χ1n) is 7.03. The normalized spacial score (nSPS) is 10.4. The lowest BCUT2D eigenvalue weighted by Crippen LogP contribution is -2.06. The van der Waals surface area contributed by atoms with Crippen molar-refractivity contribution in [2.45, 2.75) is 32.3 Å². The van der Waals surface area contributed by atoms with Crippen molar-refractivity contribution in [3.8, 4) is 0 Å². The Hall–Kier alpha value is -1.80. The van der Waals surface area contributed by atoms with Crippen LogP contribution in [0.1, 0.15) is 28.7 Å². The molecule has 0 spiro atoms. The number of carbonyl (C=O) groups excluding carboxylic acids is 1. The van der Waals surface area contributed by atoms with Crippen molar-refractivity contribution in [1.29, 1.82) is 0 Å². The van der Waals surface area contributed by atoms with Gasteiger partial charge in [-0.15, -0.1) is 11.6 Å². The Morgan fingerprint density at radius 2 is 1.86 bits per heavy atom. The lowest BCUT2D eigenvalue weighted by molar-refractivity contribution is -0.144. The number of alkyl halides is 1. The lowest BCUT2D eigenvalue weighted by Gasteiger charge is -2.07. The van der Waals surface area contributed by atoms with E-state index in [0.717, 1.165) is 16.7 Å². The SMILES string of the molecule is Cc1ccc(CCC(=O)OCc2ccccc2)cc1CCl. The van der Waals surface area contributed by atoms with E-state index < -0.39 is 0 Å².